The molecule has 0 spiro atoms. The molecular weight excluding hydrogens is 302 g/mol. The quantitative estimate of drug-likeness (QED) is 0.712. The average Bonchev–Trinajstić information content (AvgIpc) is 3.21. The molecule has 4 rings (SSSR count). The first-order valence-corrected chi connectivity index (χ1v) is 8.24. The zero-order chi connectivity index (χ0) is 16.7. The van der Waals surface area contributed by atoms with Crippen LogP contribution in [-0.4, -0.2) is 20.6 Å². The fourth-order valence-corrected chi connectivity index (χ4v) is 3.60. The molecule has 1 heterocycles. The number of hydrogen-bond acceptors (Lipinski definition) is 3. The normalized spacial score (nSPS) is 15.2. The van der Waals surface area contributed by atoms with Crippen LogP contribution in [0.5, 0.6) is 0 Å². The zero-order valence-electron chi connectivity index (χ0n) is 13.3. The molecule has 1 fully saturated rings. The van der Waals surface area contributed by atoms with Crippen LogP contribution in [-0.2, 0) is 0 Å². The van der Waals surface area contributed by atoms with Crippen LogP contribution in [0, 0.1) is 0 Å². The molecule has 122 valence electrons. The number of nitrogens with two attached hydrogens (primary N) is 1. The number of fused-ring (bicyclic) bond motifs is 1. The van der Waals surface area contributed by atoms with E-state index in [1.165, 1.54) is 12.8 Å². The van der Waals surface area contributed by atoms with Crippen molar-refractivity contribution in [3.05, 3.63) is 48.0 Å². The fourth-order valence-electron chi connectivity index (χ4n) is 3.60. The van der Waals surface area contributed by atoms with E-state index < -0.39 is 5.97 Å². The van der Waals surface area contributed by atoms with Crippen molar-refractivity contribution >= 4 is 22.7 Å². The summed E-state index contributed by atoms with van der Waals surface area (Å²) in [7, 11) is 0. The molecule has 5 heteroatoms. The third kappa shape index (κ3) is 2.42. The second-order valence-corrected chi connectivity index (χ2v) is 6.37. The highest BCUT2D eigenvalue weighted by Gasteiger charge is 2.23. The lowest BCUT2D eigenvalue weighted by atomic mass is 10.1. The Hall–Kier alpha value is -2.82. The van der Waals surface area contributed by atoms with Crippen LogP contribution in [0.2, 0.25) is 0 Å². The Balaban J connectivity index is 1.94. The van der Waals surface area contributed by atoms with Crippen molar-refractivity contribution in [1.29, 1.82) is 0 Å². The van der Waals surface area contributed by atoms with E-state index in [4.69, 9.17) is 10.7 Å². The van der Waals surface area contributed by atoms with Crippen LogP contribution in [0.15, 0.2) is 42.5 Å². The maximum Gasteiger partial charge on any atom is 0.335 e. The number of carboxylic acids is 1. The molecule has 0 aliphatic heterocycles. The van der Waals surface area contributed by atoms with Crippen LogP contribution in [0.1, 0.15) is 42.1 Å². The second kappa shape index (κ2) is 5.67. The van der Waals surface area contributed by atoms with E-state index in [9.17, 15) is 9.90 Å². The summed E-state index contributed by atoms with van der Waals surface area (Å²) in [6, 6.07) is 13.3. The lowest BCUT2D eigenvalue weighted by Crippen LogP contribution is -2.06. The smallest absolute Gasteiger partial charge is 0.335 e. The molecule has 3 aromatic rings. The molecule has 5 nitrogen and oxygen atoms in total. The molecule has 0 unspecified atom stereocenters. The molecule has 1 aliphatic carbocycles. The maximum absolute atomic E-state index is 11.3. The number of aromatic carboxylic acids is 1. The highest BCUT2D eigenvalue weighted by Crippen LogP contribution is 2.37. The molecule has 0 bridgehead atoms. The predicted molar refractivity (Wildman–Crippen MR) is 94.0 cm³/mol. The topological polar surface area (TPSA) is 81.1 Å². The molecular formula is C19H19N3O2. The van der Waals surface area contributed by atoms with Gasteiger partial charge in [-0.15, -0.1) is 0 Å². The predicted octanol–water partition coefficient (Wildman–Crippen LogP) is 4.10. The molecule has 2 aromatic carbocycles. The van der Waals surface area contributed by atoms with Gasteiger partial charge in [0.15, 0.2) is 0 Å². The highest BCUT2D eigenvalue weighted by atomic mass is 16.4. The number of nitrogen functional groups attached to an aromatic ring is 1. The molecule has 1 aromatic heterocycles. The third-order valence-electron chi connectivity index (χ3n) is 4.80. The Labute approximate surface area is 139 Å². The largest absolute Gasteiger partial charge is 0.478 e. The molecule has 24 heavy (non-hydrogen) atoms. The number of imidazole rings is 1. The van der Waals surface area contributed by atoms with Gasteiger partial charge in [-0.3, -0.25) is 0 Å². The molecule has 0 amide bonds. The molecule has 1 aliphatic rings. The van der Waals surface area contributed by atoms with E-state index in [2.05, 4.69) is 4.57 Å². The number of aromatic nitrogens is 2. The van der Waals surface area contributed by atoms with Gasteiger partial charge < -0.3 is 15.4 Å². The molecule has 0 atom stereocenters. The van der Waals surface area contributed by atoms with Gasteiger partial charge in [0.25, 0.3) is 0 Å². The number of rotatable bonds is 3. The first-order valence-electron chi connectivity index (χ1n) is 8.24. The van der Waals surface area contributed by atoms with Crippen molar-refractivity contribution in [2.24, 2.45) is 0 Å². The number of nitrogens with zero attached hydrogens (tertiary/aromatic N) is 2. The van der Waals surface area contributed by atoms with Crippen LogP contribution in [0.25, 0.3) is 22.4 Å². The Morgan fingerprint density at radius 2 is 1.83 bits per heavy atom. The van der Waals surface area contributed by atoms with Gasteiger partial charge in [-0.2, -0.15) is 0 Å². The zero-order valence-corrected chi connectivity index (χ0v) is 13.3. The summed E-state index contributed by atoms with van der Waals surface area (Å²) in [6.07, 6.45) is 4.71. The van der Waals surface area contributed by atoms with Crippen molar-refractivity contribution in [2.75, 3.05) is 5.73 Å². The number of anilines is 1. The molecule has 1 saturated carbocycles. The Morgan fingerprint density at radius 3 is 2.50 bits per heavy atom. The van der Waals surface area contributed by atoms with Crippen molar-refractivity contribution in [3.63, 3.8) is 0 Å². The summed E-state index contributed by atoms with van der Waals surface area (Å²) in [5.74, 6) is -0.0409. The summed E-state index contributed by atoms with van der Waals surface area (Å²) in [6.45, 7) is 0. The van der Waals surface area contributed by atoms with Gasteiger partial charge in [-0.05, 0) is 55.3 Å². The first-order chi connectivity index (χ1) is 11.6. The fraction of sp³-hybridized carbons (Fsp3) is 0.263. The highest BCUT2D eigenvalue weighted by molar-refractivity contribution is 5.93. The van der Waals surface area contributed by atoms with E-state index in [0.717, 1.165) is 41.0 Å². The number of carboxylic acid groups (broad SMARTS) is 1. The third-order valence-corrected chi connectivity index (χ3v) is 4.80. The van der Waals surface area contributed by atoms with Gasteiger partial charge >= 0.3 is 5.97 Å². The van der Waals surface area contributed by atoms with Crippen molar-refractivity contribution < 1.29 is 9.90 Å². The summed E-state index contributed by atoms with van der Waals surface area (Å²) in [4.78, 5) is 16.0. The molecule has 3 N–H and O–H groups in total. The van der Waals surface area contributed by atoms with Crippen molar-refractivity contribution in [3.8, 4) is 11.4 Å². The van der Waals surface area contributed by atoms with Gasteiger partial charge in [0.2, 0.25) is 0 Å². The van der Waals surface area contributed by atoms with Gasteiger partial charge in [-0.1, -0.05) is 12.8 Å². The van der Waals surface area contributed by atoms with Crippen LogP contribution >= 0.6 is 0 Å². The minimum Gasteiger partial charge on any atom is -0.478 e. The lowest BCUT2D eigenvalue weighted by molar-refractivity contribution is 0.0697. The Morgan fingerprint density at radius 1 is 1.12 bits per heavy atom. The Bertz CT molecular complexity index is 906. The first kappa shape index (κ1) is 14.8. The summed E-state index contributed by atoms with van der Waals surface area (Å²) in [5, 5.41) is 9.23. The standard InChI is InChI=1S/C19H19N3O2/c20-14-8-5-12(6-9-14)18-21-16-11-13(19(23)24)7-10-17(16)22(18)15-3-1-2-4-15/h5-11,15H,1-4,20H2,(H,23,24). The van der Waals surface area contributed by atoms with Crippen LogP contribution in [0.4, 0.5) is 5.69 Å². The Kier molecular flexibility index (Phi) is 3.49. The molecule has 0 radical (unpaired) electrons. The summed E-state index contributed by atoms with van der Waals surface area (Å²) < 4.78 is 2.28. The van der Waals surface area contributed by atoms with E-state index in [-0.39, 0.29) is 5.56 Å². The SMILES string of the molecule is Nc1ccc(-c2nc3cc(C(=O)O)ccc3n2C2CCCC2)cc1. The minimum absolute atomic E-state index is 0.266. The van der Waals surface area contributed by atoms with Crippen LogP contribution < -0.4 is 5.73 Å². The average molecular weight is 321 g/mol. The van der Waals surface area contributed by atoms with Crippen molar-refractivity contribution in [2.45, 2.75) is 31.7 Å². The van der Waals surface area contributed by atoms with E-state index >= 15 is 0 Å². The monoisotopic (exact) mass is 321 g/mol. The van der Waals surface area contributed by atoms with Gasteiger partial charge in [0.1, 0.15) is 5.82 Å². The minimum atomic E-state index is -0.929. The lowest BCUT2D eigenvalue weighted by Gasteiger charge is -2.16. The van der Waals surface area contributed by atoms with E-state index in [1.807, 2.05) is 30.3 Å². The number of hydrogen-bond donors (Lipinski definition) is 2. The number of benzene rings is 2. The number of carbonyl (C=O) groups is 1. The summed E-state index contributed by atoms with van der Waals surface area (Å²) in [5.41, 5.74) is 9.52. The van der Waals surface area contributed by atoms with Crippen LogP contribution in [0.3, 0.4) is 0 Å². The van der Waals surface area contributed by atoms with E-state index in [1.54, 1.807) is 12.1 Å². The van der Waals surface area contributed by atoms with Crippen molar-refractivity contribution in [1.82, 2.24) is 9.55 Å². The molecule has 0 saturated heterocycles. The maximum atomic E-state index is 11.3. The van der Waals surface area contributed by atoms with Gasteiger partial charge in [-0.25, -0.2) is 9.78 Å². The van der Waals surface area contributed by atoms with E-state index in [0.29, 0.717) is 6.04 Å². The van der Waals surface area contributed by atoms with Gasteiger partial charge in [0.05, 0.1) is 16.6 Å². The second-order valence-electron chi connectivity index (χ2n) is 6.37. The summed E-state index contributed by atoms with van der Waals surface area (Å²) >= 11 is 0. The van der Waals surface area contributed by atoms with Gasteiger partial charge in [0, 0.05) is 17.3 Å².